The third kappa shape index (κ3) is 2.12. The van der Waals surface area contributed by atoms with Crippen LogP contribution in [0.1, 0.15) is 11.1 Å². The molecule has 86 valence electrons. The first-order chi connectivity index (χ1) is 8.31. The Morgan fingerprint density at radius 3 is 2.65 bits per heavy atom. The van der Waals surface area contributed by atoms with Gasteiger partial charge < -0.3 is 5.32 Å². The van der Waals surface area contributed by atoms with Gasteiger partial charge in [0.2, 0.25) is 0 Å². The molecule has 0 radical (unpaired) electrons. The van der Waals surface area contributed by atoms with E-state index in [2.05, 4.69) is 45.4 Å². The molecule has 4 heteroatoms. The van der Waals surface area contributed by atoms with Crippen LogP contribution in [0.25, 0.3) is 0 Å². The minimum Gasteiger partial charge on any atom is -0.353 e. The Balaban J connectivity index is 1.84. The second kappa shape index (κ2) is 4.14. The van der Waals surface area contributed by atoms with Crippen molar-refractivity contribution in [2.75, 3.05) is 12.4 Å². The van der Waals surface area contributed by atoms with Crippen molar-refractivity contribution in [1.82, 2.24) is 14.9 Å². The maximum Gasteiger partial charge on any atom is 0.115 e. The van der Waals surface area contributed by atoms with Crippen molar-refractivity contribution in [3.8, 4) is 0 Å². The third-order valence-corrected chi connectivity index (χ3v) is 2.94. The van der Waals surface area contributed by atoms with Crippen molar-refractivity contribution in [1.29, 1.82) is 0 Å². The zero-order chi connectivity index (χ0) is 11.7. The van der Waals surface area contributed by atoms with E-state index in [0.29, 0.717) is 0 Å². The predicted octanol–water partition coefficient (Wildman–Crippen LogP) is 2.17. The molecular formula is C13H14N4. The molecule has 1 aromatic heterocycles. The summed E-state index contributed by atoms with van der Waals surface area (Å²) in [6, 6.07) is 6.49. The van der Waals surface area contributed by atoms with Crippen LogP contribution in [0.3, 0.4) is 0 Å². The van der Waals surface area contributed by atoms with Crippen molar-refractivity contribution >= 4 is 11.4 Å². The number of anilines is 2. The normalized spacial score (nSPS) is 14.6. The summed E-state index contributed by atoms with van der Waals surface area (Å²) in [6.07, 6.45) is 5.07. The Morgan fingerprint density at radius 2 is 1.82 bits per heavy atom. The summed E-state index contributed by atoms with van der Waals surface area (Å²) in [5, 5.41) is 3.30. The van der Waals surface area contributed by atoms with Crippen molar-refractivity contribution in [2.24, 2.45) is 0 Å². The van der Waals surface area contributed by atoms with Crippen molar-refractivity contribution in [3.05, 3.63) is 48.0 Å². The van der Waals surface area contributed by atoms with E-state index in [0.717, 1.165) is 24.5 Å². The molecule has 0 saturated heterocycles. The van der Waals surface area contributed by atoms with Gasteiger partial charge in [0.15, 0.2) is 0 Å². The van der Waals surface area contributed by atoms with Crippen LogP contribution in [0.15, 0.2) is 36.9 Å². The molecule has 1 aliphatic heterocycles. The minimum absolute atomic E-state index is 0.916. The number of benzene rings is 1. The van der Waals surface area contributed by atoms with E-state index >= 15 is 0 Å². The summed E-state index contributed by atoms with van der Waals surface area (Å²) in [5.74, 6) is 0. The van der Waals surface area contributed by atoms with Gasteiger partial charge in [-0.15, -0.1) is 0 Å². The van der Waals surface area contributed by atoms with E-state index in [1.54, 1.807) is 12.4 Å². The Hall–Kier alpha value is -1.94. The first-order valence-electron chi connectivity index (χ1n) is 5.63. The summed E-state index contributed by atoms with van der Waals surface area (Å²) < 4.78 is 0. The first kappa shape index (κ1) is 10.2. The van der Waals surface area contributed by atoms with Crippen LogP contribution in [0.4, 0.5) is 11.4 Å². The van der Waals surface area contributed by atoms with Crippen LogP contribution in [0, 0.1) is 0 Å². The van der Waals surface area contributed by atoms with Crippen LogP contribution in [0.2, 0.25) is 0 Å². The van der Waals surface area contributed by atoms with Crippen LogP contribution in [-0.2, 0) is 13.1 Å². The zero-order valence-corrected chi connectivity index (χ0v) is 9.72. The van der Waals surface area contributed by atoms with Gasteiger partial charge >= 0.3 is 0 Å². The molecule has 1 aromatic carbocycles. The van der Waals surface area contributed by atoms with Crippen LogP contribution in [-0.4, -0.2) is 21.9 Å². The SMILES string of the molecule is CN1Cc2ccc(Nc3cncnc3)cc2C1. The molecule has 2 aromatic rings. The lowest BCUT2D eigenvalue weighted by atomic mass is 10.1. The largest absolute Gasteiger partial charge is 0.353 e. The summed E-state index contributed by atoms with van der Waals surface area (Å²) in [5.41, 5.74) is 4.82. The molecule has 0 amide bonds. The minimum atomic E-state index is 0.916. The summed E-state index contributed by atoms with van der Waals surface area (Å²) in [7, 11) is 2.14. The topological polar surface area (TPSA) is 41.0 Å². The Kier molecular flexibility index (Phi) is 2.49. The molecule has 0 bridgehead atoms. The van der Waals surface area contributed by atoms with Crippen LogP contribution in [0.5, 0.6) is 0 Å². The van der Waals surface area contributed by atoms with Crippen molar-refractivity contribution in [2.45, 2.75) is 13.1 Å². The highest BCUT2D eigenvalue weighted by Gasteiger charge is 2.15. The van der Waals surface area contributed by atoms with Gasteiger partial charge in [-0.3, -0.25) is 4.90 Å². The number of hydrogen-bond donors (Lipinski definition) is 1. The number of rotatable bonds is 2. The lowest BCUT2D eigenvalue weighted by Gasteiger charge is -2.07. The molecule has 1 N–H and O–H groups in total. The number of nitrogens with one attached hydrogen (secondary N) is 1. The lowest BCUT2D eigenvalue weighted by molar-refractivity contribution is 0.353. The Bertz CT molecular complexity index is 524. The molecule has 4 nitrogen and oxygen atoms in total. The molecular weight excluding hydrogens is 212 g/mol. The van der Waals surface area contributed by atoms with Gasteiger partial charge in [0.05, 0.1) is 18.1 Å². The fourth-order valence-corrected chi connectivity index (χ4v) is 2.17. The molecule has 0 atom stereocenters. The first-order valence-corrected chi connectivity index (χ1v) is 5.63. The second-order valence-corrected chi connectivity index (χ2v) is 4.41. The van der Waals surface area contributed by atoms with Gasteiger partial charge in [-0.05, 0) is 30.3 Å². The van der Waals surface area contributed by atoms with Gasteiger partial charge in [-0.2, -0.15) is 0 Å². The maximum absolute atomic E-state index is 3.98. The van der Waals surface area contributed by atoms with Crippen molar-refractivity contribution < 1.29 is 0 Å². The third-order valence-electron chi connectivity index (χ3n) is 2.94. The standard InChI is InChI=1S/C13H14N4/c1-17-7-10-2-3-12(4-11(10)8-17)16-13-5-14-9-15-6-13/h2-6,9,16H,7-8H2,1H3. The summed E-state index contributed by atoms with van der Waals surface area (Å²) in [4.78, 5) is 10.3. The van der Waals surface area contributed by atoms with E-state index in [4.69, 9.17) is 0 Å². The molecule has 17 heavy (non-hydrogen) atoms. The Morgan fingerprint density at radius 1 is 1.06 bits per heavy atom. The maximum atomic E-state index is 3.98. The van der Waals surface area contributed by atoms with Crippen molar-refractivity contribution in [3.63, 3.8) is 0 Å². The fourth-order valence-electron chi connectivity index (χ4n) is 2.17. The summed E-state index contributed by atoms with van der Waals surface area (Å²) >= 11 is 0. The molecule has 1 aliphatic rings. The predicted molar refractivity (Wildman–Crippen MR) is 66.9 cm³/mol. The monoisotopic (exact) mass is 226 g/mol. The number of nitrogens with zero attached hydrogens (tertiary/aromatic N) is 3. The lowest BCUT2D eigenvalue weighted by Crippen LogP contribution is -2.07. The highest BCUT2D eigenvalue weighted by Crippen LogP contribution is 2.25. The molecule has 0 saturated carbocycles. The van der Waals surface area contributed by atoms with Gasteiger partial charge in [0, 0.05) is 18.8 Å². The average molecular weight is 226 g/mol. The van der Waals surface area contributed by atoms with Gasteiger partial charge in [0.25, 0.3) is 0 Å². The summed E-state index contributed by atoms with van der Waals surface area (Å²) in [6.45, 7) is 2.07. The van der Waals surface area contributed by atoms with E-state index in [-0.39, 0.29) is 0 Å². The number of hydrogen-bond acceptors (Lipinski definition) is 4. The van der Waals surface area contributed by atoms with Gasteiger partial charge in [-0.1, -0.05) is 6.07 Å². The van der Waals surface area contributed by atoms with Crippen LogP contribution >= 0.6 is 0 Å². The van der Waals surface area contributed by atoms with Gasteiger partial charge in [-0.25, -0.2) is 9.97 Å². The highest BCUT2D eigenvalue weighted by atomic mass is 15.1. The molecule has 0 fully saturated rings. The molecule has 0 aliphatic carbocycles. The number of fused-ring (bicyclic) bond motifs is 1. The smallest absolute Gasteiger partial charge is 0.115 e. The fraction of sp³-hybridized carbons (Fsp3) is 0.231. The van der Waals surface area contributed by atoms with E-state index in [9.17, 15) is 0 Å². The highest BCUT2D eigenvalue weighted by molar-refractivity contribution is 5.59. The average Bonchev–Trinajstić information content (AvgIpc) is 2.70. The van der Waals surface area contributed by atoms with Gasteiger partial charge in [0.1, 0.15) is 6.33 Å². The quantitative estimate of drug-likeness (QED) is 0.852. The molecule has 2 heterocycles. The Labute approximate surface area is 100 Å². The molecule has 0 unspecified atom stereocenters. The number of aromatic nitrogens is 2. The van der Waals surface area contributed by atoms with E-state index < -0.39 is 0 Å². The molecule has 0 spiro atoms. The van der Waals surface area contributed by atoms with E-state index in [1.807, 2.05) is 0 Å². The second-order valence-electron chi connectivity index (χ2n) is 4.41. The molecule has 3 rings (SSSR count). The van der Waals surface area contributed by atoms with Crippen LogP contribution < -0.4 is 5.32 Å². The zero-order valence-electron chi connectivity index (χ0n) is 9.72. The van der Waals surface area contributed by atoms with E-state index in [1.165, 1.54) is 17.5 Å².